The van der Waals surface area contributed by atoms with Gasteiger partial charge in [0.2, 0.25) is 6.10 Å². The number of nitrogens with zero attached hydrogens (tertiary/aromatic N) is 2. The quantitative estimate of drug-likeness (QED) is 0.565. The van der Waals surface area contributed by atoms with E-state index in [9.17, 15) is 9.59 Å². The molecule has 2 aromatic carbocycles. The number of aromatic nitrogens is 1. The van der Waals surface area contributed by atoms with E-state index in [1.165, 1.54) is 0 Å². The zero-order chi connectivity index (χ0) is 22.0. The van der Waals surface area contributed by atoms with Gasteiger partial charge in [-0.15, -0.1) is 0 Å². The summed E-state index contributed by atoms with van der Waals surface area (Å²) < 4.78 is 18.2. The number of carbonyl (C=O) groups excluding carboxylic acids is 2. The average molecular weight is 422 g/mol. The van der Waals surface area contributed by atoms with Crippen molar-refractivity contribution in [3.8, 4) is 5.75 Å². The second-order valence-electron chi connectivity index (χ2n) is 7.41. The SMILES string of the molecule is CCOC(=O)c1cc2cc3c(cc2n1C)N(Cc1ccccc1)CC(C(=O)OCC)O3. The molecule has 0 N–H and O–H groups in total. The molecule has 4 rings (SSSR count). The molecule has 1 aromatic heterocycles. The molecule has 0 fully saturated rings. The zero-order valence-corrected chi connectivity index (χ0v) is 18.0. The molecule has 0 saturated heterocycles. The third kappa shape index (κ3) is 4.08. The highest BCUT2D eigenvalue weighted by Crippen LogP contribution is 2.39. The lowest BCUT2D eigenvalue weighted by Crippen LogP contribution is -2.45. The molecule has 1 unspecified atom stereocenters. The number of rotatable bonds is 6. The van der Waals surface area contributed by atoms with Crippen molar-refractivity contribution in [3.63, 3.8) is 0 Å². The van der Waals surface area contributed by atoms with Gasteiger partial charge in [-0.2, -0.15) is 0 Å². The average Bonchev–Trinajstić information content (AvgIpc) is 3.09. The number of hydrogen-bond donors (Lipinski definition) is 0. The Labute approximate surface area is 181 Å². The van der Waals surface area contributed by atoms with Crippen LogP contribution in [0.4, 0.5) is 5.69 Å². The molecule has 0 bridgehead atoms. The molecule has 0 spiro atoms. The Morgan fingerprint density at radius 2 is 1.81 bits per heavy atom. The largest absolute Gasteiger partial charge is 0.475 e. The van der Waals surface area contributed by atoms with Gasteiger partial charge in [-0.3, -0.25) is 0 Å². The summed E-state index contributed by atoms with van der Waals surface area (Å²) in [7, 11) is 1.84. The van der Waals surface area contributed by atoms with Gasteiger partial charge in [0, 0.05) is 19.0 Å². The maximum atomic E-state index is 12.4. The Kier molecular flexibility index (Phi) is 5.84. The van der Waals surface area contributed by atoms with Crippen molar-refractivity contribution < 1.29 is 23.8 Å². The van der Waals surface area contributed by atoms with E-state index in [1.807, 2.05) is 41.9 Å². The van der Waals surface area contributed by atoms with Crippen LogP contribution in [0.5, 0.6) is 5.75 Å². The first kappa shape index (κ1) is 20.8. The zero-order valence-electron chi connectivity index (χ0n) is 18.0. The van der Waals surface area contributed by atoms with Crippen LogP contribution in [0.3, 0.4) is 0 Å². The van der Waals surface area contributed by atoms with E-state index in [4.69, 9.17) is 14.2 Å². The van der Waals surface area contributed by atoms with E-state index in [0.29, 0.717) is 37.7 Å². The van der Waals surface area contributed by atoms with Crippen LogP contribution in [0.2, 0.25) is 0 Å². The molecule has 162 valence electrons. The summed E-state index contributed by atoms with van der Waals surface area (Å²) in [5, 5.41) is 0.841. The van der Waals surface area contributed by atoms with Gasteiger partial charge in [0.25, 0.3) is 0 Å². The summed E-state index contributed by atoms with van der Waals surface area (Å²) in [5.74, 6) is -0.161. The van der Waals surface area contributed by atoms with Crippen LogP contribution in [-0.2, 0) is 27.9 Å². The fraction of sp³-hybridized carbons (Fsp3) is 0.333. The molecule has 0 aliphatic carbocycles. The minimum Gasteiger partial charge on any atom is -0.475 e. The van der Waals surface area contributed by atoms with E-state index in [0.717, 1.165) is 22.2 Å². The van der Waals surface area contributed by atoms with Gasteiger partial charge in [-0.1, -0.05) is 30.3 Å². The molecule has 1 aliphatic rings. The van der Waals surface area contributed by atoms with Gasteiger partial charge in [-0.25, -0.2) is 9.59 Å². The number of hydrogen-bond acceptors (Lipinski definition) is 6. The number of ether oxygens (including phenoxy) is 3. The van der Waals surface area contributed by atoms with Crippen molar-refractivity contribution in [2.24, 2.45) is 7.05 Å². The van der Waals surface area contributed by atoms with Crippen LogP contribution in [0, 0.1) is 0 Å². The number of aryl methyl sites for hydroxylation is 1. The fourth-order valence-corrected chi connectivity index (χ4v) is 3.90. The number of esters is 2. The second kappa shape index (κ2) is 8.71. The molecule has 0 saturated carbocycles. The number of carbonyl (C=O) groups is 2. The van der Waals surface area contributed by atoms with E-state index in [2.05, 4.69) is 17.0 Å². The molecule has 7 heteroatoms. The monoisotopic (exact) mass is 422 g/mol. The lowest BCUT2D eigenvalue weighted by atomic mass is 10.1. The third-order valence-corrected chi connectivity index (χ3v) is 5.37. The lowest BCUT2D eigenvalue weighted by Gasteiger charge is -2.35. The minimum absolute atomic E-state index is 0.296. The van der Waals surface area contributed by atoms with E-state index >= 15 is 0 Å². The van der Waals surface area contributed by atoms with Gasteiger partial charge in [0.05, 0.1) is 31.0 Å². The maximum absolute atomic E-state index is 12.4. The Balaban J connectivity index is 1.77. The summed E-state index contributed by atoms with van der Waals surface area (Å²) >= 11 is 0. The van der Waals surface area contributed by atoms with E-state index in [-0.39, 0.29) is 11.9 Å². The molecule has 31 heavy (non-hydrogen) atoms. The standard InChI is InChI=1S/C24H26N2O5/c1-4-29-23(27)20-11-17-12-21-19(13-18(17)25(20)3)26(14-16-9-7-6-8-10-16)15-22(31-21)24(28)30-5-2/h6-13,22H,4-5,14-15H2,1-3H3. The van der Waals surface area contributed by atoms with Gasteiger partial charge in [-0.05, 0) is 37.6 Å². The molecule has 0 amide bonds. The first-order valence-electron chi connectivity index (χ1n) is 10.4. The van der Waals surface area contributed by atoms with Gasteiger partial charge in [0.1, 0.15) is 11.4 Å². The van der Waals surface area contributed by atoms with Crippen molar-refractivity contribution in [1.82, 2.24) is 4.57 Å². The van der Waals surface area contributed by atoms with Crippen molar-refractivity contribution in [3.05, 3.63) is 59.8 Å². The van der Waals surface area contributed by atoms with Crippen LogP contribution in [-0.4, -0.2) is 42.4 Å². The molecule has 1 atom stereocenters. The smallest absolute Gasteiger partial charge is 0.354 e. The Morgan fingerprint density at radius 1 is 1.06 bits per heavy atom. The Hall–Kier alpha value is -3.48. The van der Waals surface area contributed by atoms with Crippen molar-refractivity contribution in [2.45, 2.75) is 26.5 Å². The summed E-state index contributed by atoms with van der Waals surface area (Å²) in [6.07, 6.45) is -0.721. The lowest BCUT2D eigenvalue weighted by molar-refractivity contribution is -0.151. The summed E-state index contributed by atoms with van der Waals surface area (Å²) in [6, 6.07) is 15.7. The summed E-state index contributed by atoms with van der Waals surface area (Å²) in [6.45, 7) is 5.16. The fourth-order valence-electron chi connectivity index (χ4n) is 3.90. The van der Waals surface area contributed by atoms with Crippen molar-refractivity contribution in [1.29, 1.82) is 0 Å². The topological polar surface area (TPSA) is 70.0 Å². The number of fused-ring (bicyclic) bond motifs is 2. The second-order valence-corrected chi connectivity index (χ2v) is 7.41. The van der Waals surface area contributed by atoms with Gasteiger partial charge in [0.15, 0.2) is 0 Å². The Bertz CT molecular complexity index is 1110. The third-order valence-electron chi connectivity index (χ3n) is 5.37. The highest BCUT2D eigenvalue weighted by atomic mass is 16.6. The molecule has 0 radical (unpaired) electrons. The number of anilines is 1. The van der Waals surface area contributed by atoms with Gasteiger partial charge >= 0.3 is 11.9 Å². The predicted octanol–water partition coefficient (Wildman–Crippen LogP) is 3.69. The van der Waals surface area contributed by atoms with E-state index in [1.54, 1.807) is 19.9 Å². The van der Waals surface area contributed by atoms with Gasteiger partial charge < -0.3 is 23.7 Å². The first-order valence-corrected chi connectivity index (χ1v) is 10.4. The van der Waals surface area contributed by atoms with E-state index < -0.39 is 6.10 Å². The molecule has 1 aliphatic heterocycles. The van der Waals surface area contributed by atoms with Crippen LogP contribution in [0.15, 0.2) is 48.5 Å². The molecule has 7 nitrogen and oxygen atoms in total. The van der Waals surface area contributed by atoms with Crippen LogP contribution >= 0.6 is 0 Å². The number of benzene rings is 2. The molecular formula is C24H26N2O5. The Morgan fingerprint density at radius 3 is 2.52 bits per heavy atom. The molecule has 2 heterocycles. The molecule has 3 aromatic rings. The molecular weight excluding hydrogens is 396 g/mol. The van der Waals surface area contributed by atoms with Crippen molar-refractivity contribution >= 4 is 28.5 Å². The predicted molar refractivity (Wildman–Crippen MR) is 117 cm³/mol. The van der Waals surface area contributed by atoms with Crippen LogP contribution < -0.4 is 9.64 Å². The van der Waals surface area contributed by atoms with Crippen LogP contribution in [0.1, 0.15) is 29.9 Å². The maximum Gasteiger partial charge on any atom is 0.354 e. The highest BCUT2D eigenvalue weighted by molar-refractivity contribution is 5.98. The highest BCUT2D eigenvalue weighted by Gasteiger charge is 2.33. The minimum atomic E-state index is -0.721. The summed E-state index contributed by atoms with van der Waals surface area (Å²) in [4.78, 5) is 26.9. The first-order chi connectivity index (χ1) is 15.0. The van der Waals surface area contributed by atoms with Crippen molar-refractivity contribution in [2.75, 3.05) is 24.7 Å². The normalized spacial score (nSPS) is 15.3. The van der Waals surface area contributed by atoms with Crippen LogP contribution in [0.25, 0.3) is 10.9 Å². The summed E-state index contributed by atoms with van der Waals surface area (Å²) in [5.41, 5.74) is 3.35.